The molecule has 1 aromatic carbocycles. The molecule has 1 atom stereocenters. The molecule has 1 saturated heterocycles. The van der Waals surface area contributed by atoms with Crippen LogP contribution in [0.25, 0.3) is 0 Å². The van der Waals surface area contributed by atoms with E-state index in [2.05, 4.69) is 10.6 Å². The van der Waals surface area contributed by atoms with Crippen molar-refractivity contribution < 1.29 is 18.0 Å². The van der Waals surface area contributed by atoms with Gasteiger partial charge in [0.1, 0.15) is 0 Å². The first kappa shape index (κ1) is 15.6. The number of carbonyl (C=O) groups is 1. The topological polar surface area (TPSA) is 41.1 Å². The Balaban J connectivity index is 1.70. The molecule has 1 unspecified atom stereocenters. The van der Waals surface area contributed by atoms with Gasteiger partial charge in [0.15, 0.2) is 0 Å². The second kappa shape index (κ2) is 5.42. The Kier molecular flexibility index (Phi) is 3.85. The molecule has 1 aromatic rings. The fourth-order valence-electron chi connectivity index (χ4n) is 3.25. The summed E-state index contributed by atoms with van der Waals surface area (Å²) in [5, 5.41) is 5.48. The summed E-state index contributed by atoms with van der Waals surface area (Å²) < 4.78 is 38.5. The molecule has 3 nitrogen and oxygen atoms in total. The molecule has 22 heavy (non-hydrogen) atoms. The third kappa shape index (κ3) is 2.94. The molecule has 0 bridgehead atoms. The lowest BCUT2D eigenvalue weighted by Gasteiger charge is -2.23. The maximum atomic E-state index is 12.8. The fourth-order valence-corrected chi connectivity index (χ4v) is 3.47. The molecular weight excluding hydrogens is 317 g/mol. The number of hydrogen-bond donors (Lipinski definition) is 2. The highest BCUT2D eigenvalue weighted by atomic mass is 35.5. The largest absolute Gasteiger partial charge is 0.417 e. The van der Waals surface area contributed by atoms with E-state index in [0.717, 1.165) is 44.5 Å². The number of benzene rings is 1. The molecule has 120 valence electrons. The van der Waals surface area contributed by atoms with Crippen LogP contribution in [-0.2, 0) is 11.0 Å². The van der Waals surface area contributed by atoms with Gasteiger partial charge in [0.25, 0.3) is 0 Å². The third-order valence-electron chi connectivity index (χ3n) is 4.64. The minimum atomic E-state index is -4.53. The number of carbonyl (C=O) groups excluding carboxylic acids is 1. The van der Waals surface area contributed by atoms with Crippen molar-refractivity contribution in [3.8, 4) is 0 Å². The molecule has 2 N–H and O–H groups in total. The van der Waals surface area contributed by atoms with Gasteiger partial charge < -0.3 is 10.6 Å². The van der Waals surface area contributed by atoms with Gasteiger partial charge in [0.05, 0.1) is 10.6 Å². The van der Waals surface area contributed by atoms with E-state index in [1.54, 1.807) is 0 Å². The second-order valence-corrected chi connectivity index (χ2v) is 6.46. The first-order valence-corrected chi connectivity index (χ1v) is 7.58. The van der Waals surface area contributed by atoms with Crippen molar-refractivity contribution in [3.05, 3.63) is 28.8 Å². The van der Waals surface area contributed by atoms with Crippen LogP contribution < -0.4 is 10.6 Å². The van der Waals surface area contributed by atoms with E-state index in [1.807, 2.05) is 0 Å². The molecule has 1 aliphatic heterocycles. The van der Waals surface area contributed by atoms with Gasteiger partial charge in [-0.25, -0.2) is 0 Å². The summed E-state index contributed by atoms with van der Waals surface area (Å²) in [6.45, 7) is 1.78. The van der Waals surface area contributed by atoms with Gasteiger partial charge in [-0.05, 0) is 56.0 Å². The van der Waals surface area contributed by atoms with Crippen molar-refractivity contribution in [1.29, 1.82) is 0 Å². The monoisotopic (exact) mass is 332 g/mol. The van der Waals surface area contributed by atoms with Crippen LogP contribution in [-0.4, -0.2) is 19.0 Å². The van der Waals surface area contributed by atoms with E-state index in [1.165, 1.54) is 6.07 Å². The Morgan fingerprint density at radius 1 is 1.32 bits per heavy atom. The summed E-state index contributed by atoms with van der Waals surface area (Å²) in [5.41, 5.74) is -0.744. The van der Waals surface area contributed by atoms with Gasteiger partial charge >= 0.3 is 6.18 Å². The third-order valence-corrected chi connectivity index (χ3v) is 4.97. The van der Waals surface area contributed by atoms with Crippen LogP contribution >= 0.6 is 11.6 Å². The Morgan fingerprint density at radius 2 is 2.00 bits per heavy atom. The second-order valence-electron chi connectivity index (χ2n) is 6.05. The smallest absolute Gasteiger partial charge is 0.326 e. The van der Waals surface area contributed by atoms with Crippen molar-refractivity contribution >= 4 is 23.2 Å². The Labute approximate surface area is 131 Å². The zero-order valence-corrected chi connectivity index (χ0v) is 12.5. The predicted octanol–water partition coefficient (Wildman–Crippen LogP) is 3.69. The lowest BCUT2D eigenvalue weighted by molar-refractivity contribution is -0.137. The summed E-state index contributed by atoms with van der Waals surface area (Å²) >= 11 is 5.57. The van der Waals surface area contributed by atoms with Gasteiger partial charge in [-0.2, -0.15) is 13.2 Å². The summed E-state index contributed by atoms with van der Waals surface area (Å²) in [4.78, 5) is 12.2. The SMILES string of the molecule is O=C(Nc1ccc(Cl)c(C(F)(F)F)c1)C1CC12CCNCC2. The Bertz CT molecular complexity index is 597. The number of piperidine rings is 1. The average molecular weight is 333 g/mol. The number of alkyl halides is 3. The molecule has 2 aliphatic rings. The molecule has 7 heteroatoms. The lowest BCUT2D eigenvalue weighted by Crippen LogP contribution is -2.31. The van der Waals surface area contributed by atoms with Gasteiger partial charge in [-0.15, -0.1) is 0 Å². The van der Waals surface area contributed by atoms with Crippen molar-refractivity contribution in [3.63, 3.8) is 0 Å². The number of hydrogen-bond acceptors (Lipinski definition) is 2. The standard InChI is InChI=1S/C15H16ClF3N2O/c16-12-2-1-9(7-10(12)15(17,18)19)21-13(22)11-8-14(11)3-5-20-6-4-14/h1-2,7,11,20H,3-6,8H2,(H,21,22). The van der Waals surface area contributed by atoms with E-state index in [4.69, 9.17) is 11.6 Å². The zero-order chi connectivity index (χ0) is 16.0. The average Bonchev–Trinajstić information content (AvgIpc) is 3.14. The quantitative estimate of drug-likeness (QED) is 0.867. The molecule has 1 saturated carbocycles. The van der Waals surface area contributed by atoms with E-state index in [9.17, 15) is 18.0 Å². The molecule has 2 fully saturated rings. The summed E-state index contributed by atoms with van der Waals surface area (Å²) in [5.74, 6) is -0.294. The van der Waals surface area contributed by atoms with Gasteiger partial charge in [0.2, 0.25) is 5.91 Å². The number of halogens is 4. The van der Waals surface area contributed by atoms with E-state index >= 15 is 0 Å². The van der Waals surface area contributed by atoms with Crippen molar-refractivity contribution in [2.75, 3.05) is 18.4 Å². The fraction of sp³-hybridized carbons (Fsp3) is 0.533. The minimum Gasteiger partial charge on any atom is -0.326 e. The van der Waals surface area contributed by atoms with Crippen molar-refractivity contribution in [2.24, 2.45) is 11.3 Å². The van der Waals surface area contributed by atoms with Crippen LogP contribution in [0.15, 0.2) is 18.2 Å². The highest BCUT2D eigenvalue weighted by Crippen LogP contribution is 2.58. The van der Waals surface area contributed by atoms with E-state index < -0.39 is 11.7 Å². The first-order valence-electron chi connectivity index (χ1n) is 7.20. The maximum absolute atomic E-state index is 12.8. The van der Waals surface area contributed by atoms with Crippen LogP contribution in [0.5, 0.6) is 0 Å². The van der Waals surface area contributed by atoms with Crippen LogP contribution in [0, 0.1) is 11.3 Å². The van der Waals surface area contributed by atoms with E-state index in [0.29, 0.717) is 0 Å². The zero-order valence-electron chi connectivity index (χ0n) is 11.8. The normalized spacial score (nSPS) is 23.4. The van der Waals surface area contributed by atoms with Gasteiger partial charge in [0, 0.05) is 11.6 Å². The van der Waals surface area contributed by atoms with E-state index in [-0.39, 0.29) is 28.0 Å². The van der Waals surface area contributed by atoms with Gasteiger partial charge in [-0.3, -0.25) is 4.79 Å². The lowest BCUT2D eigenvalue weighted by atomic mass is 9.92. The van der Waals surface area contributed by atoms with Crippen molar-refractivity contribution in [2.45, 2.75) is 25.4 Å². The number of amides is 1. The molecule has 1 spiro atoms. The molecule has 1 aliphatic carbocycles. The molecule has 1 heterocycles. The minimum absolute atomic E-state index is 0.0502. The summed E-state index contributed by atoms with van der Waals surface area (Å²) in [6.07, 6.45) is -1.83. The molecule has 0 radical (unpaired) electrons. The van der Waals surface area contributed by atoms with Crippen LogP contribution in [0.2, 0.25) is 5.02 Å². The van der Waals surface area contributed by atoms with Crippen LogP contribution in [0.4, 0.5) is 18.9 Å². The first-order chi connectivity index (χ1) is 10.3. The number of anilines is 1. The number of rotatable bonds is 2. The highest BCUT2D eigenvalue weighted by Gasteiger charge is 2.57. The summed E-state index contributed by atoms with van der Waals surface area (Å²) in [6, 6.07) is 3.44. The molecular formula is C15H16ClF3N2O. The molecule has 3 rings (SSSR count). The summed E-state index contributed by atoms with van der Waals surface area (Å²) in [7, 11) is 0. The maximum Gasteiger partial charge on any atom is 0.417 e. The van der Waals surface area contributed by atoms with Gasteiger partial charge in [-0.1, -0.05) is 11.6 Å². The molecule has 1 amide bonds. The van der Waals surface area contributed by atoms with Crippen LogP contribution in [0.1, 0.15) is 24.8 Å². The molecule has 0 aromatic heterocycles. The number of nitrogens with one attached hydrogen (secondary N) is 2. The van der Waals surface area contributed by atoms with Crippen LogP contribution in [0.3, 0.4) is 0 Å². The highest BCUT2D eigenvalue weighted by molar-refractivity contribution is 6.31. The predicted molar refractivity (Wildman–Crippen MR) is 77.7 cm³/mol. The Hall–Kier alpha value is -1.27. The Morgan fingerprint density at radius 3 is 2.64 bits per heavy atom. The van der Waals surface area contributed by atoms with Crippen molar-refractivity contribution in [1.82, 2.24) is 5.32 Å².